The molecule has 6 heteroatoms. The summed E-state index contributed by atoms with van der Waals surface area (Å²) >= 11 is 5.84. The van der Waals surface area contributed by atoms with Gasteiger partial charge in [-0.1, -0.05) is 17.7 Å². The van der Waals surface area contributed by atoms with Gasteiger partial charge in [0.25, 0.3) is 0 Å². The first-order valence-corrected chi connectivity index (χ1v) is 5.84. The van der Waals surface area contributed by atoms with Gasteiger partial charge in [0.05, 0.1) is 13.2 Å². The summed E-state index contributed by atoms with van der Waals surface area (Å²) in [6.07, 6.45) is 1.37. The van der Waals surface area contributed by atoms with E-state index in [9.17, 15) is 0 Å². The number of ether oxygens (including phenoxy) is 1. The fourth-order valence-corrected chi connectivity index (χ4v) is 1.99. The van der Waals surface area contributed by atoms with E-state index >= 15 is 0 Å². The van der Waals surface area contributed by atoms with Crippen molar-refractivity contribution in [2.45, 2.75) is 13.2 Å². The third kappa shape index (κ3) is 1.98. The van der Waals surface area contributed by atoms with Crippen molar-refractivity contribution in [2.24, 2.45) is 0 Å². The highest BCUT2D eigenvalue weighted by molar-refractivity contribution is 6.32. The van der Waals surface area contributed by atoms with Crippen molar-refractivity contribution in [1.82, 2.24) is 9.97 Å². The zero-order chi connectivity index (χ0) is 12.5. The van der Waals surface area contributed by atoms with Crippen LogP contribution in [-0.2, 0) is 18.0 Å². The van der Waals surface area contributed by atoms with E-state index < -0.39 is 0 Å². The molecule has 0 unspecified atom stereocenters. The lowest BCUT2D eigenvalue weighted by Crippen LogP contribution is -2.01. The second-order valence-corrected chi connectivity index (χ2v) is 4.39. The number of fused-ring (bicyclic) bond motifs is 1. The van der Waals surface area contributed by atoms with E-state index in [1.165, 1.54) is 17.5 Å². The molecule has 0 radical (unpaired) electrons. The molecule has 5 nitrogen and oxygen atoms in total. The maximum Gasteiger partial charge on any atom is 0.158 e. The molecule has 0 bridgehead atoms. The monoisotopic (exact) mass is 262 g/mol. The third-order valence-electron chi connectivity index (χ3n) is 2.82. The first-order chi connectivity index (χ1) is 8.74. The molecule has 1 aliphatic heterocycles. The number of nitrogen functional groups attached to an aromatic ring is 1. The van der Waals surface area contributed by atoms with Crippen molar-refractivity contribution in [1.29, 1.82) is 0 Å². The van der Waals surface area contributed by atoms with E-state index in [2.05, 4.69) is 15.3 Å². The van der Waals surface area contributed by atoms with Gasteiger partial charge in [-0.25, -0.2) is 9.97 Å². The van der Waals surface area contributed by atoms with Crippen molar-refractivity contribution in [3.63, 3.8) is 0 Å². The van der Waals surface area contributed by atoms with Crippen LogP contribution in [0.3, 0.4) is 0 Å². The van der Waals surface area contributed by atoms with Crippen LogP contribution in [0.5, 0.6) is 0 Å². The molecule has 3 N–H and O–H groups in total. The number of nitrogens with zero attached hydrogens (tertiary/aromatic N) is 2. The minimum absolute atomic E-state index is 0.247. The lowest BCUT2D eigenvalue weighted by Gasteiger charge is -2.09. The molecular formula is C12H11ClN4O. The largest absolute Gasteiger partial charge is 0.393 e. The van der Waals surface area contributed by atoms with Gasteiger partial charge in [-0.05, 0) is 23.3 Å². The van der Waals surface area contributed by atoms with Crippen LogP contribution in [0.25, 0.3) is 0 Å². The number of hydrogen-bond donors (Lipinski definition) is 2. The molecule has 1 aromatic heterocycles. The van der Waals surface area contributed by atoms with Crippen LogP contribution in [0.15, 0.2) is 24.5 Å². The predicted molar refractivity (Wildman–Crippen MR) is 69.7 cm³/mol. The number of anilines is 3. The Morgan fingerprint density at radius 1 is 1.22 bits per heavy atom. The summed E-state index contributed by atoms with van der Waals surface area (Å²) in [5.74, 6) is 0.508. The number of nitrogens with one attached hydrogen (secondary N) is 1. The standard InChI is InChI=1S/C12H11ClN4O/c13-11-10(14)12(16-6-15-11)17-9-2-1-7-4-18-5-8(7)3-9/h1-3,6H,4-5,14H2,(H,15,16,17). The van der Waals surface area contributed by atoms with E-state index in [1.54, 1.807) is 0 Å². The summed E-state index contributed by atoms with van der Waals surface area (Å²) < 4.78 is 5.36. The lowest BCUT2D eigenvalue weighted by atomic mass is 10.1. The molecule has 3 rings (SSSR count). The molecule has 0 amide bonds. The number of rotatable bonds is 2. The Morgan fingerprint density at radius 2 is 2.06 bits per heavy atom. The predicted octanol–water partition coefficient (Wildman–Crippen LogP) is 2.49. The number of benzene rings is 1. The van der Waals surface area contributed by atoms with Crippen molar-refractivity contribution < 1.29 is 4.74 Å². The molecule has 1 aromatic carbocycles. The van der Waals surface area contributed by atoms with Gasteiger partial charge in [0.1, 0.15) is 12.0 Å². The molecule has 2 heterocycles. The van der Waals surface area contributed by atoms with Crippen LogP contribution in [0.4, 0.5) is 17.2 Å². The second-order valence-electron chi connectivity index (χ2n) is 4.03. The molecule has 0 fully saturated rings. The normalized spacial score (nSPS) is 13.4. The average Bonchev–Trinajstić information content (AvgIpc) is 2.82. The van der Waals surface area contributed by atoms with Crippen LogP contribution in [0.2, 0.25) is 5.15 Å². The summed E-state index contributed by atoms with van der Waals surface area (Å²) in [6.45, 7) is 1.32. The van der Waals surface area contributed by atoms with Gasteiger partial charge in [0.15, 0.2) is 11.0 Å². The number of nitrogens with two attached hydrogens (primary N) is 1. The molecule has 1 aliphatic rings. The second kappa shape index (κ2) is 4.44. The van der Waals surface area contributed by atoms with E-state index in [1.807, 2.05) is 18.2 Å². The first-order valence-electron chi connectivity index (χ1n) is 5.46. The topological polar surface area (TPSA) is 73.1 Å². The fraction of sp³-hybridized carbons (Fsp3) is 0.167. The Hall–Kier alpha value is -1.85. The molecule has 0 saturated carbocycles. The minimum Gasteiger partial charge on any atom is -0.393 e. The first kappa shape index (κ1) is 11.3. The number of aromatic nitrogens is 2. The van der Waals surface area contributed by atoms with Gasteiger partial charge in [0, 0.05) is 5.69 Å². The summed E-state index contributed by atoms with van der Waals surface area (Å²) in [7, 11) is 0. The van der Waals surface area contributed by atoms with Crippen LogP contribution >= 0.6 is 11.6 Å². The Kier molecular flexibility index (Phi) is 2.77. The highest BCUT2D eigenvalue weighted by atomic mass is 35.5. The summed E-state index contributed by atoms with van der Waals surface area (Å²) in [5, 5.41) is 3.37. The Morgan fingerprint density at radius 3 is 2.94 bits per heavy atom. The van der Waals surface area contributed by atoms with Gasteiger partial charge >= 0.3 is 0 Å². The molecule has 0 atom stereocenters. The van der Waals surface area contributed by atoms with Crippen LogP contribution in [-0.4, -0.2) is 9.97 Å². The van der Waals surface area contributed by atoms with E-state index in [-0.39, 0.29) is 5.15 Å². The average molecular weight is 263 g/mol. The molecule has 0 aliphatic carbocycles. The Balaban J connectivity index is 1.90. The Labute approximate surface area is 109 Å². The minimum atomic E-state index is 0.247. The maximum absolute atomic E-state index is 5.84. The molecule has 18 heavy (non-hydrogen) atoms. The van der Waals surface area contributed by atoms with Gasteiger partial charge in [-0.3, -0.25) is 0 Å². The zero-order valence-corrected chi connectivity index (χ0v) is 10.2. The van der Waals surface area contributed by atoms with Gasteiger partial charge in [-0.2, -0.15) is 0 Å². The quantitative estimate of drug-likeness (QED) is 0.814. The maximum atomic E-state index is 5.84. The molecule has 2 aromatic rings. The zero-order valence-electron chi connectivity index (χ0n) is 9.48. The van der Waals surface area contributed by atoms with Gasteiger partial charge < -0.3 is 15.8 Å². The van der Waals surface area contributed by atoms with Crippen molar-refractivity contribution >= 4 is 28.8 Å². The smallest absolute Gasteiger partial charge is 0.158 e. The van der Waals surface area contributed by atoms with Crippen LogP contribution in [0, 0.1) is 0 Å². The van der Waals surface area contributed by atoms with Gasteiger partial charge in [-0.15, -0.1) is 0 Å². The third-order valence-corrected chi connectivity index (χ3v) is 3.12. The van der Waals surface area contributed by atoms with Crippen molar-refractivity contribution in [3.8, 4) is 0 Å². The fourth-order valence-electron chi connectivity index (χ4n) is 1.86. The van der Waals surface area contributed by atoms with Crippen molar-refractivity contribution in [2.75, 3.05) is 11.1 Å². The summed E-state index contributed by atoms with van der Waals surface area (Å²) in [4.78, 5) is 7.87. The molecule has 92 valence electrons. The highest BCUT2D eigenvalue weighted by Gasteiger charge is 2.12. The van der Waals surface area contributed by atoms with Crippen LogP contribution < -0.4 is 11.1 Å². The van der Waals surface area contributed by atoms with E-state index in [0.29, 0.717) is 24.7 Å². The molecule has 0 spiro atoms. The SMILES string of the molecule is Nc1c(Cl)ncnc1Nc1ccc2c(c1)COC2. The van der Waals surface area contributed by atoms with Gasteiger partial charge in [0.2, 0.25) is 0 Å². The number of hydrogen-bond acceptors (Lipinski definition) is 5. The summed E-state index contributed by atoms with van der Waals surface area (Å²) in [5.41, 5.74) is 9.44. The van der Waals surface area contributed by atoms with E-state index in [4.69, 9.17) is 22.1 Å². The highest BCUT2D eigenvalue weighted by Crippen LogP contribution is 2.28. The van der Waals surface area contributed by atoms with Crippen molar-refractivity contribution in [3.05, 3.63) is 40.8 Å². The van der Waals surface area contributed by atoms with Crippen LogP contribution in [0.1, 0.15) is 11.1 Å². The number of halogens is 1. The molecule has 0 saturated heterocycles. The molecular weight excluding hydrogens is 252 g/mol. The lowest BCUT2D eigenvalue weighted by molar-refractivity contribution is 0.134. The van der Waals surface area contributed by atoms with E-state index in [0.717, 1.165) is 5.69 Å². The summed E-state index contributed by atoms with van der Waals surface area (Å²) in [6, 6.07) is 6.02. The Bertz CT molecular complexity index is 603.